The third kappa shape index (κ3) is 2.05. The van der Waals surface area contributed by atoms with Crippen molar-refractivity contribution in [2.24, 2.45) is 0 Å². The van der Waals surface area contributed by atoms with E-state index >= 15 is 0 Å². The fourth-order valence-electron chi connectivity index (χ4n) is 2.09. The van der Waals surface area contributed by atoms with Crippen molar-refractivity contribution in [2.45, 2.75) is 26.2 Å². The van der Waals surface area contributed by atoms with Gasteiger partial charge in [0, 0.05) is 5.41 Å². The van der Waals surface area contributed by atoms with E-state index in [2.05, 4.69) is 35.8 Å². The fraction of sp³-hybridized carbons (Fsp3) is 0.333. The first-order valence-corrected chi connectivity index (χ1v) is 6.58. The minimum absolute atomic E-state index is 0.0130. The first-order valence-electron chi connectivity index (χ1n) is 6.58. The van der Waals surface area contributed by atoms with E-state index < -0.39 is 0 Å². The molecule has 20 heavy (non-hydrogen) atoms. The molecule has 3 aromatic rings. The van der Waals surface area contributed by atoms with Gasteiger partial charge in [0.25, 0.3) is 5.78 Å². The highest BCUT2D eigenvalue weighted by Gasteiger charge is 2.19. The van der Waals surface area contributed by atoms with Crippen LogP contribution in [0, 0.1) is 0 Å². The van der Waals surface area contributed by atoms with Crippen LogP contribution in [0.3, 0.4) is 0 Å². The van der Waals surface area contributed by atoms with Crippen molar-refractivity contribution in [2.75, 3.05) is 7.11 Å². The predicted molar refractivity (Wildman–Crippen MR) is 78.0 cm³/mol. The van der Waals surface area contributed by atoms with E-state index in [0.717, 1.165) is 22.8 Å². The highest BCUT2D eigenvalue weighted by Crippen LogP contribution is 2.28. The van der Waals surface area contributed by atoms with Gasteiger partial charge in [0.2, 0.25) is 0 Å². The van der Waals surface area contributed by atoms with E-state index in [1.54, 1.807) is 7.11 Å². The molecule has 0 aliphatic heterocycles. The van der Waals surface area contributed by atoms with E-state index in [4.69, 9.17) is 4.74 Å². The molecule has 0 bridgehead atoms. The number of ether oxygens (including phenoxy) is 1. The molecule has 0 aliphatic rings. The minimum atomic E-state index is 0.0130. The summed E-state index contributed by atoms with van der Waals surface area (Å²) in [4.78, 5) is 9.11. The maximum absolute atomic E-state index is 5.36. The van der Waals surface area contributed by atoms with Crippen LogP contribution >= 0.6 is 0 Å². The van der Waals surface area contributed by atoms with Crippen LogP contribution < -0.4 is 4.74 Å². The zero-order chi connectivity index (χ0) is 14.3. The second kappa shape index (κ2) is 4.37. The Kier molecular flexibility index (Phi) is 2.78. The van der Waals surface area contributed by atoms with Gasteiger partial charge < -0.3 is 4.74 Å². The zero-order valence-electron chi connectivity index (χ0n) is 12.1. The molecular weight excluding hydrogens is 252 g/mol. The molecule has 0 saturated heterocycles. The Morgan fingerprint density at radius 1 is 1.15 bits per heavy atom. The number of fused-ring (bicyclic) bond motifs is 1. The Labute approximate surface area is 117 Å². The van der Waals surface area contributed by atoms with Gasteiger partial charge in [-0.25, -0.2) is 9.50 Å². The van der Waals surface area contributed by atoms with Crippen LogP contribution in [0.1, 0.15) is 26.5 Å². The number of aromatic amines is 1. The second-order valence-electron chi connectivity index (χ2n) is 5.82. The number of benzene rings is 1. The molecule has 0 spiro atoms. The molecule has 0 unspecified atom stereocenters. The largest absolute Gasteiger partial charge is 0.496 e. The summed E-state index contributed by atoms with van der Waals surface area (Å²) < 4.78 is 7.21. The van der Waals surface area contributed by atoms with Gasteiger partial charge in [0.05, 0.1) is 24.6 Å². The van der Waals surface area contributed by atoms with Crippen LogP contribution in [0.4, 0.5) is 0 Å². The van der Waals surface area contributed by atoms with Gasteiger partial charge in [-0.05, 0) is 12.1 Å². The standard InChI is InChI=1S/C15H18N4O/c1-15(2,3)12-9-19-14(16-12)17-13(18-19)10-7-5-6-8-11(10)20-4/h5-9H,1-4H3,(H,16,17,18). The molecule has 1 aromatic carbocycles. The number of methoxy groups -OCH3 is 1. The fourth-order valence-corrected chi connectivity index (χ4v) is 2.09. The Morgan fingerprint density at radius 3 is 2.55 bits per heavy atom. The van der Waals surface area contributed by atoms with Crippen molar-refractivity contribution in [3.8, 4) is 17.1 Å². The lowest BCUT2D eigenvalue weighted by molar-refractivity contribution is 0.416. The number of aromatic nitrogens is 4. The summed E-state index contributed by atoms with van der Waals surface area (Å²) in [5.41, 5.74) is 1.96. The molecule has 2 heterocycles. The van der Waals surface area contributed by atoms with Gasteiger partial charge in [-0.3, -0.25) is 5.10 Å². The average molecular weight is 270 g/mol. The number of hydrogen-bond donors (Lipinski definition) is 1. The van der Waals surface area contributed by atoms with Gasteiger partial charge in [-0.2, -0.15) is 4.98 Å². The Balaban J connectivity index is 2.08. The Hall–Kier alpha value is -2.30. The van der Waals surface area contributed by atoms with Crippen molar-refractivity contribution < 1.29 is 4.74 Å². The van der Waals surface area contributed by atoms with Crippen molar-refractivity contribution in [3.63, 3.8) is 0 Å². The average Bonchev–Trinajstić information content (AvgIpc) is 2.96. The van der Waals surface area contributed by atoms with Gasteiger partial charge in [0.1, 0.15) is 5.75 Å². The van der Waals surface area contributed by atoms with Crippen molar-refractivity contribution >= 4 is 5.78 Å². The summed E-state index contributed by atoms with van der Waals surface area (Å²) in [6.45, 7) is 6.40. The molecular formula is C15H18N4O. The summed E-state index contributed by atoms with van der Waals surface area (Å²) in [6, 6.07) is 7.79. The lowest BCUT2D eigenvalue weighted by atomic mass is 9.93. The van der Waals surface area contributed by atoms with Gasteiger partial charge >= 0.3 is 0 Å². The quantitative estimate of drug-likeness (QED) is 0.778. The summed E-state index contributed by atoms with van der Waals surface area (Å²) in [6.07, 6.45) is 1.99. The van der Waals surface area contributed by atoms with Crippen LogP contribution in [0.25, 0.3) is 17.2 Å². The Bertz CT molecular complexity index is 717. The first-order chi connectivity index (χ1) is 9.49. The number of nitrogens with zero attached hydrogens (tertiary/aromatic N) is 3. The molecule has 0 atom stereocenters. The SMILES string of the molecule is COc1ccccc1-c1nc2nc(C(C)(C)C)cn2[nH]1. The molecule has 3 rings (SSSR count). The lowest BCUT2D eigenvalue weighted by Crippen LogP contribution is -2.11. The first kappa shape index (κ1) is 12.7. The Morgan fingerprint density at radius 2 is 1.90 bits per heavy atom. The monoisotopic (exact) mass is 270 g/mol. The molecule has 0 fully saturated rings. The summed E-state index contributed by atoms with van der Waals surface area (Å²) in [5.74, 6) is 2.22. The molecule has 0 aliphatic carbocycles. The molecule has 2 aromatic heterocycles. The highest BCUT2D eigenvalue weighted by atomic mass is 16.5. The maximum atomic E-state index is 5.36. The van der Waals surface area contributed by atoms with Crippen molar-refractivity contribution in [1.29, 1.82) is 0 Å². The second-order valence-corrected chi connectivity index (χ2v) is 5.82. The molecule has 0 amide bonds. The number of rotatable bonds is 2. The molecule has 104 valence electrons. The van der Waals surface area contributed by atoms with Crippen molar-refractivity contribution in [1.82, 2.24) is 19.6 Å². The summed E-state index contributed by atoms with van der Waals surface area (Å²) >= 11 is 0. The maximum Gasteiger partial charge on any atom is 0.251 e. The van der Waals surface area contributed by atoms with Crippen LogP contribution in [-0.2, 0) is 5.41 Å². The normalized spacial score (nSPS) is 12.0. The molecule has 0 saturated carbocycles. The van der Waals surface area contributed by atoms with E-state index in [1.165, 1.54) is 0 Å². The lowest BCUT2D eigenvalue weighted by Gasteiger charge is -2.13. The van der Waals surface area contributed by atoms with E-state index in [9.17, 15) is 0 Å². The third-order valence-corrected chi connectivity index (χ3v) is 3.26. The van der Waals surface area contributed by atoms with Gasteiger partial charge in [-0.1, -0.05) is 32.9 Å². The van der Waals surface area contributed by atoms with Crippen molar-refractivity contribution in [3.05, 3.63) is 36.2 Å². The zero-order valence-corrected chi connectivity index (χ0v) is 12.1. The van der Waals surface area contributed by atoms with Crippen LogP contribution in [0.15, 0.2) is 30.5 Å². The van der Waals surface area contributed by atoms with Gasteiger partial charge in [0.15, 0.2) is 5.82 Å². The number of H-pyrrole nitrogens is 1. The smallest absolute Gasteiger partial charge is 0.251 e. The van der Waals surface area contributed by atoms with E-state index in [0.29, 0.717) is 5.78 Å². The number of nitrogens with one attached hydrogen (secondary N) is 1. The number of imidazole rings is 1. The van der Waals surface area contributed by atoms with Crippen LogP contribution in [-0.4, -0.2) is 26.7 Å². The van der Waals surface area contributed by atoms with E-state index in [1.807, 2.05) is 35.0 Å². The van der Waals surface area contributed by atoms with Crippen LogP contribution in [0.2, 0.25) is 0 Å². The summed E-state index contributed by atoms with van der Waals surface area (Å²) in [5, 5.41) is 3.24. The molecule has 5 heteroatoms. The van der Waals surface area contributed by atoms with Crippen LogP contribution in [0.5, 0.6) is 5.75 Å². The summed E-state index contributed by atoms with van der Waals surface area (Å²) in [7, 11) is 1.66. The van der Waals surface area contributed by atoms with Gasteiger partial charge in [-0.15, -0.1) is 0 Å². The minimum Gasteiger partial charge on any atom is -0.496 e. The molecule has 1 N–H and O–H groups in total. The number of para-hydroxylation sites is 1. The molecule has 5 nitrogen and oxygen atoms in total. The third-order valence-electron chi connectivity index (χ3n) is 3.26. The molecule has 0 radical (unpaired) electrons. The van der Waals surface area contributed by atoms with E-state index in [-0.39, 0.29) is 5.41 Å². The predicted octanol–water partition coefficient (Wildman–Crippen LogP) is 3.03. The topological polar surface area (TPSA) is 55.2 Å². The highest BCUT2D eigenvalue weighted by molar-refractivity contribution is 5.65. The number of hydrogen-bond acceptors (Lipinski definition) is 3.